The fraction of sp³-hybridized carbons (Fsp3) is 0.550. The van der Waals surface area contributed by atoms with Crippen LogP contribution in [0.1, 0.15) is 42.5 Å². The van der Waals surface area contributed by atoms with E-state index in [0.717, 1.165) is 44.7 Å². The molecule has 0 unspecified atom stereocenters. The molecule has 1 saturated heterocycles. The van der Waals surface area contributed by atoms with E-state index in [9.17, 15) is 9.59 Å². The molecule has 2 fully saturated rings. The number of esters is 1. The normalized spacial score (nSPS) is 18.1. The van der Waals surface area contributed by atoms with Crippen molar-refractivity contribution < 1.29 is 14.3 Å². The Morgan fingerprint density at radius 3 is 2.19 bits per heavy atom. The van der Waals surface area contributed by atoms with E-state index < -0.39 is 0 Å². The maximum atomic E-state index is 12.7. The monoisotopic (exact) mass is 389 g/mol. The lowest BCUT2D eigenvalue weighted by molar-refractivity contribution is -0.137. The zero-order chi connectivity index (χ0) is 19.2. The lowest BCUT2D eigenvalue weighted by atomic mass is 9.88. The van der Waals surface area contributed by atoms with Gasteiger partial charge in [0.2, 0.25) is 5.91 Å². The molecule has 2 aliphatic rings. The number of thiocarbonyl (C=S) groups is 1. The smallest absolute Gasteiger partial charge is 0.337 e. The maximum absolute atomic E-state index is 12.7. The summed E-state index contributed by atoms with van der Waals surface area (Å²) in [6.07, 6.45) is 5.71. The number of anilines is 1. The third kappa shape index (κ3) is 4.97. The Balaban J connectivity index is 1.48. The number of rotatable bonds is 3. The molecule has 146 valence electrons. The summed E-state index contributed by atoms with van der Waals surface area (Å²) in [5, 5.41) is 3.85. The third-order valence-corrected chi connectivity index (χ3v) is 5.75. The van der Waals surface area contributed by atoms with Gasteiger partial charge in [0, 0.05) is 37.8 Å². The van der Waals surface area contributed by atoms with Crippen molar-refractivity contribution in [2.75, 3.05) is 38.6 Å². The lowest BCUT2D eigenvalue weighted by Crippen LogP contribution is -2.53. The topological polar surface area (TPSA) is 61.9 Å². The van der Waals surface area contributed by atoms with Gasteiger partial charge in [-0.05, 0) is 49.3 Å². The van der Waals surface area contributed by atoms with E-state index >= 15 is 0 Å². The second-order valence-corrected chi connectivity index (χ2v) is 7.53. The molecule has 1 aliphatic heterocycles. The number of ether oxygens (including phenoxy) is 1. The number of hydrogen-bond acceptors (Lipinski definition) is 4. The van der Waals surface area contributed by atoms with Crippen molar-refractivity contribution in [3.8, 4) is 0 Å². The molecule has 1 N–H and O–H groups in total. The number of nitrogens with one attached hydrogen (secondary N) is 1. The maximum Gasteiger partial charge on any atom is 0.337 e. The van der Waals surface area contributed by atoms with Crippen LogP contribution in [0.3, 0.4) is 0 Å². The van der Waals surface area contributed by atoms with Gasteiger partial charge in [-0.3, -0.25) is 4.79 Å². The Morgan fingerprint density at radius 2 is 1.59 bits per heavy atom. The molecule has 27 heavy (non-hydrogen) atoms. The van der Waals surface area contributed by atoms with E-state index in [-0.39, 0.29) is 11.9 Å². The van der Waals surface area contributed by atoms with Gasteiger partial charge in [-0.2, -0.15) is 0 Å². The number of hydrogen-bond donors (Lipinski definition) is 1. The van der Waals surface area contributed by atoms with E-state index in [1.807, 2.05) is 4.90 Å². The number of nitrogens with zero attached hydrogens (tertiary/aromatic N) is 2. The van der Waals surface area contributed by atoms with Gasteiger partial charge in [0.15, 0.2) is 5.11 Å². The molecule has 7 heteroatoms. The molecule has 0 aromatic heterocycles. The van der Waals surface area contributed by atoms with Crippen LogP contribution in [0.4, 0.5) is 5.69 Å². The summed E-state index contributed by atoms with van der Waals surface area (Å²) in [7, 11) is 1.36. The minimum Gasteiger partial charge on any atom is -0.465 e. The van der Waals surface area contributed by atoms with Gasteiger partial charge in [-0.25, -0.2) is 4.79 Å². The minimum atomic E-state index is -0.358. The molecule has 3 rings (SSSR count). The van der Waals surface area contributed by atoms with Crippen LogP contribution in [-0.2, 0) is 9.53 Å². The van der Waals surface area contributed by atoms with E-state index in [1.54, 1.807) is 24.3 Å². The summed E-state index contributed by atoms with van der Waals surface area (Å²) in [5.74, 6) is 0.193. The zero-order valence-electron chi connectivity index (χ0n) is 15.8. The van der Waals surface area contributed by atoms with Crippen molar-refractivity contribution in [3.63, 3.8) is 0 Å². The Labute approximate surface area is 165 Å². The highest BCUT2D eigenvalue weighted by molar-refractivity contribution is 7.80. The van der Waals surface area contributed by atoms with E-state index in [1.165, 1.54) is 26.4 Å². The molecule has 0 atom stereocenters. The lowest BCUT2D eigenvalue weighted by Gasteiger charge is -2.38. The Morgan fingerprint density at radius 1 is 1.00 bits per heavy atom. The minimum absolute atomic E-state index is 0.226. The summed E-state index contributed by atoms with van der Waals surface area (Å²) < 4.78 is 4.70. The third-order valence-electron chi connectivity index (χ3n) is 5.39. The van der Waals surface area contributed by atoms with Crippen LogP contribution in [0.2, 0.25) is 0 Å². The highest BCUT2D eigenvalue weighted by Crippen LogP contribution is 2.26. The first-order valence-corrected chi connectivity index (χ1v) is 10.0. The predicted octanol–water partition coefficient (Wildman–Crippen LogP) is 2.89. The molecule has 0 radical (unpaired) electrons. The number of amides is 1. The van der Waals surface area contributed by atoms with Gasteiger partial charge in [0.1, 0.15) is 0 Å². The Kier molecular flexibility index (Phi) is 6.66. The van der Waals surface area contributed by atoms with Crippen molar-refractivity contribution >= 4 is 34.9 Å². The highest BCUT2D eigenvalue weighted by Gasteiger charge is 2.29. The molecule has 1 heterocycles. The van der Waals surface area contributed by atoms with Crippen molar-refractivity contribution in [1.29, 1.82) is 0 Å². The number of methoxy groups -OCH3 is 1. The SMILES string of the molecule is COC(=O)c1ccc(NC(=S)N2CCN(C(=O)C3CCCCC3)CC2)cc1. The molecule has 1 aromatic carbocycles. The first-order valence-electron chi connectivity index (χ1n) is 9.61. The summed E-state index contributed by atoms with van der Waals surface area (Å²) >= 11 is 5.51. The van der Waals surface area contributed by atoms with Crippen molar-refractivity contribution in [1.82, 2.24) is 9.80 Å². The van der Waals surface area contributed by atoms with Gasteiger partial charge in [0.25, 0.3) is 0 Å². The van der Waals surface area contributed by atoms with Gasteiger partial charge < -0.3 is 19.9 Å². The molecule has 1 amide bonds. The van der Waals surface area contributed by atoms with Crippen LogP contribution < -0.4 is 5.32 Å². The van der Waals surface area contributed by atoms with E-state index in [2.05, 4.69) is 10.2 Å². The molecule has 1 saturated carbocycles. The zero-order valence-corrected chi connectivity index (χ0v) is 16.6. The van der Waals surface area contributed by atoms with Crippen LogP contribution in [0, 0.1) is 5.92 Å². The fourth-order valence-electron chi connectivity index (χ4n) is 3.75. The first-order chi connectivity index (χ1) is 13.1. The summed E-state index contributed by atoms with van der Waals surface area (Å²) in [4.78, 5) is 28.2. The van der Waals surface area contributed by atoms with E-state index in [4.69, 9.17) is 17.0 Å². The van der Waals surface area contributed by atoms with Crippen LogP contribution in [-0.4, -0.2) is 60.1 Å². The largest absolute Gasteiger partial charge is 0.465 e. The average molecular weight is 390 g/mol. The molecule has 0 bridgehead atoms. The number of piperazine rings is 1. The molecule has 1 aromatic rings. The fourth-order valence-corrected chi connectivity index (χ4v) is 4.05. The van der Waals surface area contributed by atoms with Gasteiger partial charge in [-0.15, -0.1) is 0 Å². The summed E-state index contributed by atoms with van der Waals surface area (Å²) in [5.41, 5.74) is 1.33. The van der Waals surface area contributed by atoms with E-state index in [0.29, 0.717) is 16.6 Å². The second-order valence-electron chi connectivity index (χ2n) is 7.15. The number of benzene rings is 1. The first kappa shape index (κ1) is 19.6. The van der Waals surface area contributed by atoms with Crippen LogP contribution >= 0.6 is 12.2 Å². The Bertz CT molecular complexity index is 678. The number of carbonyl (C=O) groups is 2. The molecular weight excluding hydrogens is 362 g/mol. The summed E-state index contributed by atoms with van der Waals surface area (Å²) in [6.45, 7) is 2.92. The predicted molar refractivity (Wildman–Crippen MR) is 109 cm³/mol. The van der Waals surface area contributed by atoms with Gasteiger partial charge >= 0.3 is 5.97 Å². The standard InChI is InChI=1S/C20H27N3O3S/c1-26-19(25)16-7-9-17(10-8-16)21-20(27)23-13-11-22(12-14-23)18(24)15-5-3-2-4-6-15/h7-10,15H,2-6,11-14H2,1H3,(H,21,27). The second kappa shape index (κ2) is 9.17. The van der Waals surface area contributed by atoms with Gasteiger partial charge in [0.05, 0.1) is 12.7 Å². The molecule has 0 spiro atoms. The van der Waals surface area contributed by atoms with Crippen molar-refractivity contribution in [2.45, 2.75) is 32.1 Å². The van der Waals surface area contributed by atoms with Crippen molar-refractivity contribution in [3.05, 3.63) is 29.8 Å². The Hall–Kier alpha value is -2.15. The van der Waals surface area contributed by atoms with Gasteiger partial charge in [-0.1, -0.05) is 19.3 Å². The van der Waals surface area contributed by atoms with Crippen molar-refractivity contribution in [2.24, 2.45) is 5.92 Å². The molecular formula is C20H27N3O3S. The number of carbonyl (C=O) groups excluding carboxylic acids is 2. The quantitative estimate of drug-likeness (QED) is 0.634. The average Bonchev–Trinajstić information content (AvgIpc) is 2.74. The van der Waals surface area contributed by atoms with Crippen LogP contribution in [0.15, 0.2) is 24.3 Å². The van der Waals surface area contributed by atoms with Crippen LogP contribution in [0.25, 0.3) is 0 Å². The van der Waals surface area contributed by atoms with Crippen LogP contribution in [0.5, 0.6) is 0 Å². The molecule has 6 nitrogen and oxygen atoms in total. The summed E-state index contributed by atoms with van der Waals surface area (Å²) in [6, 6.07) is 7.03. The molecule has 1 aliphatic carbocycles. The highest BCUT2D eigenvalue weighted by atomic mass is 32.1.